The van der Waals surface area contributed by atoms with Crippen LogP contribution in [0.15, 0.2) is 18.2 Å². The number of aromatic hydroxyl groups is 2. The molecule has 94 valence electrons. The van der Waals surface area contributed by atoms with Gasteiger partial charge in [-0.3, -0.25) is 0 Å². The fraction of sp³-hybridized carbons (Fsp3) is 0.538. The molecule has 1 fully saturated rings. The smallest absolute Gasteiger partial charge is 0.157 e. The highest BCUT2D eigenvalue weighted by Gasteiger charge is 2.13. The minimum Gasteiger partial charge on any atom is -0.504 e. The molecule has 1 aromatic carbocycles. The number of hydrogen-bond donors (Lipinski definition) is 3. The fourth-order valence-electron chi connectivity index (χ4n) is 2.07. The molecule has 1 aliphatic heterocycles. The second-order valence-electron chi connectivity index (χ2n) is 4.54. The molecule has 1 aromatic rings. The van der Waals surface area contributed by atoms with E-state index in [0.29, 0.717) is 12.5 Å². The molecule has 0 radical (unpaired) electrons. The molecule has 3 N–H and O–H groups in total. The van der Waals surface area contributed by atoms with E-state index in [0.717, 1.165) is 31.7 Å². The summed E-state index contributed by atoms with van der Waals surface area (Å²) in [4.78, 5) is 0. The minimum atomic E-state index is -0.0746. The van der Waals surface area contributed by atoms with Gasteiger partial charge in [-0.1, -0.05) is 6.07 Å². The Morgan fingerprint density at radius 2 is 2.18 bits per heavy atom. The highest BCUT2D eigenvalue weighted by atomic mass is 16.5. The first kappa shape index (κ1) is 12.2. The second-order valence-corrected chi connectivity index (χ2v) is 4.54. The molecule has 4 heteroatoms. The van der Waals surface area contributed by atoms with Crippen LogP contribution >= 0.6 is 0 Å². The van der Waals surface area contributed by atoms with Crippen LogP contribution in [0.4, 0.5) is 0 Å². The zero-order chi connectivity index (χ0) is 12.1. The highest BCUT2D eigenvalue weighted by molar-refractivity contribution is 5.40. The van der Waals surface area contributed by atoms with E-state index >= 15 is 0 Å². The summed E-state index contributed by atoms with van der Waals surface area (Å²) in [6, 6.07) is 4.90. The van der Waals surface area contributed by atoms with Crippen molar-refractivity contribution in [3.05, 3.63) is 23.8 Å². The van der Waals surface area contributed by atoms with Crippen molar-refractivity contribution in [2.24, 2.45) is 5.92 Å². The van der Waals surface area contributed by atoms with Crippen molar-refractivity contribution in [3.8, 4) is 11.5 Å². The van der Waals surface area contributed by atoms with E-state index in [2.05, 4.69) is 5.32 Å². The molecule has 0 spiro atoms. The first-order chi connectivity index (χ1) is 8.25. The quantitative estimate of drug-likeness (QED) is 0.696. The van der Waals surface area contributed by atoms with E-state index in [1.807, 2.05) is 0 Å². The summed E-state index contributed by atoms with van der Waals surface area (Å²) in [6.45, 7) is 3.36. The third kappa shape index (κ3) is 3.61. The molecule has 0 saturated carbocycles. The molecule has 17 heavy (non-hydrogen) atoms. The summed E-state index contributed by atoms with van der Waals surface area (Å²) in [6.07, 6.45) is 2.36. The highest BCUT2D eigenvalue weighted by Crippen LogP contribution is 2.24. The Morgan fingerprint density at radius 1 is 1.29 bits per heavy atom. The number of nitrogens with one attached hydrogen (secondary N) is 1. The third-order valence-electron chi connectivity index (χ3n) is 3.06. The van der Waals surface area contributed by atoms with Gasteiger partial charge in [0, 0.05) is 19.7 Å². The largest absolute Gasteiger partial charge is 0.504 e. The Morgan fingerprint density at radius 3 is 2.88 bits per heavy atom. The zero-order valence-electron chi connectivity index (χ0n) is 9.85. The maximum absolute atomic E-state index is 9.35. The summed E-state index contributed by atoms with van der Waals surface area (Å²) < 4.78 is 5.41. The van der Waals surface area contributed by atoms with Gasteiger partial charge in [-0.2, -0.15) is 0 Å². The van der Waals surface area contributed by atoms with Crippen LogP contribution in [0, 0.1) is 5.92 Å². The molecule has 1 unspecified atom stereocenters. The van der Waals surface area contributed by atoms with Gasteiger partial charge in [0.2, 0.25) is 0 Å². The SMILES string of the molecule is Oc1ccc(CNCC2CCCOC2)cc1O. The summed E-state index contributed by atoms with van der Waals surface area (Å²) in [5, 5.41) is 21.9. The van der Waals surface area contributed by atoms with Crippen LogP contribution in [-0.2, 0) is 11.3 Å². The van der Waals surface area contributed by atoms with Gasteiger partial charge in [0.15, 0.2) is 11.5 Å². The van der Waals surface area contributed by atoms with Crippen molar-refractivity contribution >= 4 is 0 Å². The van der Waals surface area contributed by atoms with Gasteiger partial charge < -0.3 is 20.3 Å². The van der Waals surface area contributed by atoms with Crippen molar-refractivity contribution in [3.63, 3.8) is 0 Å². The van der Waals surface area contributed by atoms with E-state index < -0.39 is 0 Å². The summed E-state index contributed by atoms with van der Waals surface area (Å²) >= 11 is 0. The Hall–Kier alpha value is -1.26. The van der Waals surface area contributed by atoms with E-state index in [9.17, 15) is 10.2 Å². The summed E-state index contributed by atoms with van der Waals surface area (Å²) in [5.41, 5.74) is 0.969. The number of ether oxygens (including phenoxy) is 1. The van der Waals surface area contributed by atoms with Gasteiger partial charge in [-0.15, -0.1) is 0 Å². The second kappa shape index (κ2) is 5.89. The van der Waals surface area contributed by atoms with E-state index in [-0.39, 0.29) is 11.5 Å². The Balaban J connectivity index is 1.75. The number of rotatable bonds is 4. The number of phenols is 2. The standard InChI is InChI=1S/C13H19NO3/c15-12-4-3-10(6-13(12)16)7-14-8-11-2-1-5-17-9-11/h3-4,6,11,14-16H,1-2,5,7-9H2. The molecule has 1 aliphatic rings. The average molecular weight is 237 g/mol. The molecule has 4 nitrogen and oxygen atoms in total. The first-order valence-corrected chi connectivity index (χ1v) is 6.05. The number of phenolic OH excluding ortho intramolecular Hbond substituents is 2. The van der Waals surface area contributed by atoms with E-state index in [1.165, 1.54) is 12.5 Å². The summed E-state index contributed by atoms with van der Waals surface area (Å²) in [7, 11) is 0. The lowest BCUT2D eigenvalue weighted by molar-refractivity contribution is 0.0547. The lowest BCUT2D eigenvalue weighted by atomic mass is 10.0. The van der Waals surface area contributed by atoms with Gasteiger partial charge in [0.05, 0.1) is 6.61 Å². The van der Waals surface area contributed by atoms with Gasteiger partial charge in [-0.25, -0.2) is 0 Å². The topological polar surface area (TPSA) is 61.7 Å². The van der Waals surface area contributed by atoms with Gasteiger partial charge in [0.25, 0.3) is 0 Å². The molecule has 0 aromatic heterocycles. The van der Waals surface area contributed by atoms with Crippen molar-refractivity contribution in [1.82, 2.24) is 5.32 Å². The Labute approximate surface area is 101 Å². The normalized spacial score (nSPS) is 20.4. The van der Waals surface area contributed by atoms with E-state index in [1.54, 1.807) is 12.1 Å². The van der Waals surface area contributed by atoms with Crippen LogP contribution in [0.2, 0.25) is 0 Å². The molecule has 1 atom stereocenters. The minimum absolute atomic E-state index is 0.0645. The van der Waals surface area contributed by atoms with Crippen LogP contribution < -0.4 is 5.32 Å². The predicted molar refractivity (Wildman–Crippen MR) is 65.0 cm³/mol. The Kier molecular flexibility index (Phi) is 4.23. The molecule has 1 saturated heterocycles. The van der Waals surface area contributed by atoms with Gasteiger partial charge >= 0.3 is 0 Å². The maximum Gasteiger partial charge on any atom is 0.157 e. The lowest BCUT2D eigenvalue weighted by Crippen LogP contribution is -2.28. The van der Waals surface area contributed by atoms with Crippen molar-refractivity contribution in [2.45, 2.75) is 19.4 Å². The molecule has 2 rings (SSSR count). The fourth-order valence-corrected chi connectivity index (χ4v) is 2.07. The van der Waals surface area contributed by atoms with Crippen molar-refractivity contribution in [2.75, 3.05) is 19.8 Å². The van der Waals surface area contributed by atoms with Gasteiger partial charge in [-0.05, 0) is 36.5 Å². The predicted octanol–water partition coefficient (Wildman–Crippen LogP) is 1.61. The monoisotopic (exact) mass is 237 g/mol. The lowest BCUT2D eigenvalue weighted by Gasteiger charge is -2.22. The molecule has 0 amide bonds. The Bertz CT molecular complexity index is 362. The summed E-state index contributed by atoms with van der Waals surface area (Å²) in [5.74, 6) is 0.453. The first-order valence-electron chi connectivity index (χ1n) is 6.05. The van der Waals surface area contributed by atoms with Crippen LogP contribution in [-0.4, -0.2) is 30.0 Å². The van der Waals surface area contributed by atoms with E-state index in [4.69, 9.17) is 4.74 Å². The molecular weight excluding hydrogens is 218 g/mol. The zero-order valence-corrected chi connectivity index (χ0v) is 9.85. The van der Waals surface area contributed by atoms with Crippen LogP contribution in [0.3, 0.4) is 0 Å². The maximum atomic E-state index is 9.35. The van der Waals surface area contributed by atoms with Crippen molar-refractivity contribution < 1.29 is 14.9 Å². The van der Waals surface area contributed by atoms with Crippen LogP contribution in [0.5, 0.6) is 11.5 Å². The molecule has 0 bridgehead atoms. The number of benzene rings is 1. The average Bonchev–Trinajstić information content (AvgIpc) is 2.35. The molecular formula is C13H19NO3. The molecule has 0 aliphatic carbocycles. The van der Waals surface area contributed by atoms with Crippen molar-refractivity contribution in [1.29, 1.82) is 0 Å². The van der Waals surface area contributed by atoms with Crippen LogP contribution in [0.25, 0.3) is 0 Å². The number of hydrogen-bond acceptors (Lipinski definition) is 4. The molecule has 1 heterocycles. The third-order valence-corrected chi connectivity index (χ3v) is 3.06. The van der Waals surface area contributed by atoms with Crippen LogP contribution in [0.1, 0.15) is 18.4 Å². The van der Waals surface area contributed by atoms with Gasteiger partial charge in [0.1, 0.15) is 0 Å².